The Labute approximate surface area is 235 Å². The van der Waals surface area contributed by atoms with Gasteiger partial charge in [-0.3, -0.25) is 14.4 Å². The molecule has 0 radical (unpaired) electrons. The fourth-order valence-electron chi connectivity index (χ4n) is 5.18. The van der Waals surface area contributed by atoms with E-state index in [0.717, 1.165) is 11.8 Å². The molecule has 8 nitrogen and oxygen atoms in total. The van der Waals surface area contributed by atoms with Crippen LogP contribution >= 0.6 is 11.6 Å². The van der Waals surface area contributed by atoms with Gasteiger partial charge in [0, 0.05) is 49.5 Å². The third-order valence-electron chi connectivity index (χ3n) is 7.35. The highest BCUT2D eigenvalue weighted by Gasteiger charge is 2.42. The molecular formula is C29H28ClF2N5O3. The third kappa shape index (κ3) is 5.36. The van der Waals surface area contributed by atoms with E-state index in [1.165, 1.54) is 15.9 Å². The van der Waals surface area contributed by atoms with Crippen molar-refractivity contribution in [1.82, 2.24) is 14.7 Å². The van der Waals surface area contributed by atoms with Gasteiger partial charge in [-0.15, -0.1) is 0 Å². The Hall–Kier alpha value is -4.05. The van der Waals surface area contributed by atoms with E-state index >= 15 is 8.78 Å². The van der Waals surface area contributed by atoms with E-state index in [4.69, 9.17) is 17.3 Å². The van der Waals surface area contributed by atoms with Crippen LogP contribution < -0.4 is 10.6 Å². The molecule has 0 saturated carbocycles. The molecule has 40 heavy (non-hydrogen) atoms. The molecular weight excluding hydrogens is 540 g/mol. The molecule has 1 saturated heterocycles. The maximum atomic E-state index is 15.6. The standard InChI is InChI=1S/C29H28ClF2N5O3/c1-18-10-13-37(34-18)20-8-9-22(24(30)15-20)28(40)36-14-11-29(31,32)23(21-6-2-3-7-25(21)36)16-26(38)35-12-4-5-19(17-35)27(33)39/h2-3,6-10,13,15-16,19H,4-5,11-12,14,17H2,1H3,(H2,33,39)/b23-16-. The number of carbonyl (C=O) groups excluding carboxylic acids is 3. The Morgan fingerprint density at radius 2 is 1.90 bits per heavy atom. The van der Waals surface area contributed by atoms with Gasteiger partial charge in [-0.05, 0) is 50.1 Å². The number of likely N-dealkylation sites (tertiary alicyclic amines) is 1. The van der Waals surface area contributed by atoms with Crippen LogP contribution in [0.4, 0.5) is 14.5 Å². The number of halogens is 3. The fourth-order valence-corrected chi connectivity index (χ4v) is 5.44. The second-order valence-corrected chi connectivity index (χ2v) is 10.5. The normalized spacial score (nSPS) is 19.7. The maximum Gasteiger partial charge on any atom is 0.275 e. The number of allylic oxidation sites excluding steroid dienone is 1. The van der Waals surface area contributed by atoms with E-state index in [-0.39, 0.29) is 34.9 Å². The third-order valence-corrected chi connectivity index (χ3v) is 7.66. The van der Waals surface area contributed by atoms with Crippen LogP contribution in [0.5, 0.6) is 0 Å². The zero-order valence-corrected chi connectivity index (χ0v) is 22.6. The van der Waals surface area contributed by atoms with E-state index in [9.17, 15) is 14.4 Å². The smallest absolute Gasteiger partial charge is 0.275 e. The predicted octanol–water partition coefficient (Wildman–Crippen LogP) is 4.63. The summed E-state index contributed by atoms with van der Waals surface area (Å²) >= 11 is 6.51. The van der Waals surface area contributed by atoms with Crippen LogP contribution in [0.2, 0.25) is 5.02 Å². The molecule has 3 aromatic rings. The average Bonchev–Trinajstić information content (AvgIpc) is 3.33. The van der Waals surface area contributed by atoms with Gasteiger partial charge < -0.3 is 15.5 Å². The summed E-state index contributed by atoms with van der Waals surface area (Å²) < 4.78 is 32.9. The van der Waals surface area contributed by atoms with Crippen molar-refractivity contribution in [3.8, 4) is 5.69 Å². The van der Waals surface area contributed by atoms with Gasteiger partial charge in [-0.1, -0.05) is 29.8 Å². The number of aryl methyl sites for hydroxylation is 1. The maximum absolute atomic E-state index is 15.6. The van der Waals surface area contributed by atoms with E-state index in [1.807, 2.05) is 13.0 Å². The second kappa shape index (κ2) is 10.8. The summed E-state index contributed by atoms with van der Waals surface area (Å²) in [5.74, 6) is -5.59. The summed E-state index contributed by atoms with van der Waals surface area (Å²) in [4.78, 5) is 41.2. The number of benzene rings is 2. The van der Waals surface area contributed by atoms with Crippen LogP contribution in [0.15, 0.2) is 60.8 Å². The van der Waals surface area contributed by atoms with Crippen molar-refractivity contribution >= 4 is 40.6 Å². The number of nitrogens with zero attached hydrogens (tertiary/aromatic N) is 4. The van der Waals surface area contributed by atoms with Gasteiger partial charge >= 0.3 is 0 Å². The van der Waals surface area contributed by atoms with Crippen LogP contribution in [0.3, 0.4) is 0 Å². The van der Waals surface area contributed by atoms with Gasteiger partial charge in [0.15, 0.2) is 0 Å². The van der Waals surface area contributed by atoms with Crippen molar-refractivity contribution < 1.29 is 23.2 Å². The number of hydrogen-bond acceptors (Lipinski definition) is 4. The fraction of sp³-hybridized carbons (Fsp3) is 0.310. The van der Waals surface area contributed by atoms with Crippen LogP contribution in [-0.4, -0.2) is 58.0 Å². The molecule has 1 atom stereocenters. The number of fused-ring (bicyclic) bond motifs is 1. The Bertz CT molecular complexity index is 1520. The quantitative estimate of drug-likeness (QED) is 0.465. The number of nitrogens with two attached hydrogens (primary N) is 1. The summed E-state index contributed by atoms with van der Waals surface area (Å²) in [5, 5.41) is 4.50. The first-order valence-electron chi connectivity index (χ1n) is 13.0. The lowest BCUT2D eigenvalue weighted by Gasteiger charge is -2.31. The summed E-state index contributed by atoms with van der Waals surface area (Å²) in [5.41, 5.74) is 6.89. The van der Waals surface area contributed by atoms with Crippen molar-refractivity contribution in [2.75, 3.05) is 24.5 Å². The number of amides is 3. The minimum atomic E-state index is -3.40. The first-order chi connectivity index (χ1) is 19.0. The lowest BCUT2D eigenvalue weighted by molar-refractivity contribution is -0.130. The zero-order chi connectivity index (χ0) is 28.6. The van der Waals surface area contributed by atoms with Crippen molar-refractivity contribution in [3.05, 3.63) is 82.6 Å². The highest BCUT2D eigenvalue weighted by Crippen LogP contribution is 2.43. The first kappa shape index (κ1) is 27.5. The summed E-state index contributed by atoms with van der Waals surface area (Å²) in [6.07, 6.45) is 3.11. The molecule has 208 valence electrons. The highest BCUT2D eigenvalue weighted by molar-refractivity contribution is 6.34. The van der Waals surface area contributed by atoms with Crippen LogP contribution in [0.25, 0.3) is 11.3 Å². The summed E-state index contributed by atoms with van der Waals surface area (Å²) in [7, 11) is 0. The molecule has 5 rings (SSSR count). The minimum absolute atomic E-state index is 0.0786. The molecule has 11 heteroatoms. The summed E-state index contributed by atoms with van der Waals surface area (Å²) in [6, 6.07) is 12.9. The molecule has 2 N–H and O–H groups in total. The van der Waals surface area contributed by atoms with Crippen molar-refractivity contribution in [1.29, 1.82) is 0 Å². The predicted molar refractivity (Wildman–Crippen MR) is 147 cm³/mol. The molecule has 1 unspecified atom stereocenters. The van der Waals surface area contributed by atoms with E-state index in [2.05, 4.69) is 5.10 Å². The van der Waals surface area contributed by atoms with Crippen molar-refractivity contribution in [2.24, 2.45) is 11.7 Å². The SMILES string of the molecule is Cc1ccn(-c2ccc(C(=O)N3CCC(F)(F)/C(=C\C(=O)N4CCCC(C(N)=O)C4)c4ccccc43)c(Cl)c2)n1. The molecule has 0 aliphatic carbocycles. The summed E-state index contributed by atoms with van der Waals surface area (Å²) in [6.45, 7) is 1.99. The lowest BCUT2D eigenvalue weighted by atomic mass is 9.95. The molecule has 1 fully saturated rings. The molecule has 3 heterocycles. The zero-order valence-electron chi connectivity index (χ0n) is 21.8. The molecule has 2 aliphatic rings. The van der Waals surface area contributed by atoms with E-state index in [1.54, 1.807) is 47.3 Å². The Kier molecular flexibility index (Phi) is 7.46. The molecule has 0 spiro atoms. The topological polar surface area (TPSA) is 102 Å². The number of alkyl halides is 2. The van der Waals surface area contributed by atoms with Gasteiger partial charge in [0.25, 0.3) is 11.8 Å². The number of rotatable bonds is 4. The number of anilines is 1. The first-order valence-corrected chi connectivity index (χ1v) is 13.3. The van der Waals surface area contributed by atoms with Crippen molar-refractivity contribution in [2.45, 2.75) is 32.1 Å². The number of para-hydroxylation sites is 1. The molecule has 2 aliphatic heterocycles. The molecule has 0 bridgehead atoms. The molecule has 2 aromatic carbocycles. The van der Waals surface area contributed by atoms with E-state index < -0.39 is 41.6 Å². The number of piperidine rings is 1. The number of hydrogen-bond donors (Lipinski definition) is 1. The highest BCUT2D eigenvalue weighted by atomic mass is 35.5. The largest absolute Gasteiger partial charge is 0.369 e. The molecule has 1 aromatic heterocycles. The number of primary amides is 1. The van der Waals surface area contributed by atoms with Crippen LogP contribution in [0, 0.1) is 12.8 Å². The van der Waals surface area contributed by atoms with Gasteiger partial charge in [-0.2, -0.15) is 5.10 Å². The van der Waals surface area contributed by atoms with Gasteiger partial charge in [0.2, 0.25) is 11.8 Å². The van der Waals surface area contributed by atoms with Crippen LogP contribution in [-0.2, 0) is 9.59 Å². The van der Waals surface area contributed by atoms with E-state index in [0.29, 0.717) is 25.1 Å². The lowest BCUT2D eigenvalue weighted by Crippen LogP contribution is -2.43. The number of aromatic nitrogens is 2. The average molecular weight is 568 g/mol. The van der Waals surface area contributed by atoms with Gasteiger partial charge in [0.05, 0.1) is 33.6 Å². The Balaban J connectivity index is 1.49. The Morgan fingerprint density at radius 3 is 2.60 bits per heavy atom. The van der Waals surface area contributed by atoms with Crippen LogP contribution in [0.1, 0.15) is 40.9 Å². The minimum Gasteiger partial charge on any atom is -0.369 e. The second-order valence-electron chi connectivity index (χ2n) is 10.1. The molecule has 3 amide bonds. The van der Waals surface area contributed by atoms with Gasteiger partial charge in [0.1, 0.15) is 0 Å². The van der Waals surface area contributed by atoms with Crippen molar-refractivity contribution in [3.63, 3.8) is 0 Å². The number of carbonyl (C=O) groups is 3. The Morgan fingerprint density at radius 1 is 1.12 bits per heavy atom. The monoisotopic (exact) mass is 567 g/mol. The van der Waals surface area contributed by atoms with Gasteiger partial charge in [-0.25, -0.2) is 13.5 Å².